The van der Waals surface area contributed by atoms with Crippen LogP contribution >= 0.6 is 0 Å². The van der Waals surface area contributed by atoms with Crippen molar-refractivity contribution in [3.8, 4) is 17.6 Å². The van der Waals surface area contributed by atoms with Gasteiger partial charge in [0.2, 0.25) is 11.8 Å². The number of amides is 3. The standard InChI is InChI=1S/C50H49N3O9/c1-3-27-51-46(55)41-43-47(56)62-44(36-17-11-6-12-18-36)42(35-15-9-5-10-16-35)53(43)45(37-22-24-38(25-23-37)60-29-28-54)50(41)39-32-34(20-19-33-13-7-4-8-14-33)21-26-40(39)52(48(50)57)49(58)61-31-30-59-2/h3,5-6,9-13,15-18,21-26,32,41-45,54H,1,4,7-8,14,27-31H2,2H3,(H,51,55)/t41-,42-,43-,44+,45+,50-/m1/s1. The molecule has 0 unspecified atom stereocenters. The first kappa shape index (κ1) is 42.2. The zero-order valence-corrected chi connectivity index (χ0v) is 34.5. The van der Waals surface area contributed by atoms with Crippen LogP contribution in [0.4, 0.5) is 10.5 Å². The zero-order valence-electron chi connectivity index (χ0n) is 34.5. The van der Waals surface area contributed by atoms with Crippen LogP contribution in [-0.4, -0.2) is 80.0 Å². The lowest BCUT2D eigenvalue weighted by molar-refractivity contribution is -0.178. The monoisotopic (exact) mass is 835 g/mol. The number of hydrogen-bond acceptors (Lipinski definition) is 10. The Hall–Kier alpha value is -6.52. The molecular formula is C50H49N3O9. The number of imide groups is 1. The van der Waals surface area contributed by atoms with Gasteiger partial charge in [0.15, 0.2) is 0 Å². The normalized spacial score (nSPS) is 23.9. The molecule has 1 aliphatic carbocycles. The second-order valence-corrected chi connectivity index (χ2v) is 15.6. The number of benzene rings is 4. The van der Waals surface area contributed by atoms with Gasteiger partial charge in [-0.25, -0.2) is 9.69 Å². The van der Waals surface area contributed by atoms with Gasteiger partial charge in [-0.05, 0) is 83.8 Å². The van der Waals surface area contributed by atoms with Gasteiger partial charge < -0.3 is 29.4 Å². The number of allylic oxidation sites excluding steroid dienone is 2. The van der Waals surface area contributed by atoms with Crippen molar-refractivity contribution in [1.29, 1.82) is 0 Å². The summed E-state index contributed by atoms with van der Waals surface area (Å²) in [6.45, 7) is 3.65. The maximum Gasteiger partial charge on any atom is 0.421 e. The molecule has 6 atom stereocenters. The molecule has 0 bridgehead atoms. The lowest BCUT2D eigenvalue weighted by Crippen LogP contribution is -2.55. The highest BCUT2D eigenvalue weighted by atomic mass is 16.6. The van der Waals surface area contributed by atoms with E-state index in [1.54, 1.807) is 42.5 Å². The number of carbonyl (C=O) groups excluding carboxylic acids is 4. The summed E-state index contributed by atoms with van der Waals surface area (Å²) in [6.07, 6.45) is 5.77. The van der Waals surface area contributed by atoms with Crippen molar-refractivity contribution in [1.82, 2.24) is 10.2 Å². The fourth-order valence-corrected chi connectivity index (χ4v) is 9.54. The summed E-state index contributed by atoms with van der Waals surface area (Å²) in [4.78, 5) is 63.7. The van der Waals surface area contributed by atoms with Crippen molar-refractivity contribution in [2.24, 2.45) is 5.92 Å². The number of aliphatic hydroxyl groups is 1. The average Bonchev–Trinajstić information content (AvgIpc) is 3.76. The molecule has 3 amide bonds. The Bertz CT molecular complexity index is 2410. The van der Waals surface area contributed by atoms with Gasteiger partial charge in [0.1, 0.15) is 36.5 Å². The number of morpholine rings is 1. The second-order valence-electron chi connectivity index (χ2n) is 15.6. The van der Waals surface area contributed by atoms with Crippen LogP contribution in [0.25, 0.3) is 0 Å². The van der Waals surface area contributed by atoms with Crippen LogP contribution in [0.5, 0.6) is 5.75 Å². The number of ether oxygens (including phenoxy) is 4. The molecule has 0 aromatic heterocycles. The van der Waals surface area contributed by atoms with Gasteiger partial charge in [-0.3, -0.25) is 19.3 Å². The molecule has 1 spiro atoms. The van der Waals surface area contributed by atoms with E-state index in [0.29, 0.717) is 28.0 Å². The van der Waals surface area contributed by atoms with E-state index in [9.17, 15) is 9.90 Å². The molecule has 3 aliphatic heterocycles. The average molecular weight is 836 g/mol. The van der Waals surface area contributed by atoms with E-state index in [0.717, 1.165) is 41.7 Å². The third kappa shape index (κ3) is 7.68. The predicted molar refractivity (Wildman–Crippen MR) is 231 cm³/mol. The first-order valence-electron chi connectivity index (χ1n) is 21.0. The molecule has 3 heterocycles. The van der Waals surface area contributed by atoms with Crippen LogP contribution in [0, 0.1) is 17.8 Å². The highest BCUT2D eigenvalue weighted by Gasteiger charge is 2.75. The summed E-state index contributed by atoms with van der Waals surface area (Å²) >= 11 is 0. The number of fused-ring (bicyclic) bond motifs is 3. The van der Waals surface area contributed by atoms with E-state index in [2.05, 4.69) is 29.8 Å². The second kappa shape index (κ2) is 18.6. The molecule has 4 aromatic carbocycles. The molecule has 8 rings (SSSR count). The minimum Gasteiger partial charge on any atom is -0.491 e. The summed E-state index contributed by atoms with van der Waals surface area (Å²) in [7, 11) is 1.47. The fraction of sp³-hybridized carbons (Fsp3) is 0.320. The molecule has 12 heteroatoms. The zero-order chi connectivity index (χ0) is 43.2. The quantitative estimate of drug-likeness (QED) is 0.0689. The van der Waals surface area contributed by atoms with E-state index in [4.69, 9.17) is 18.9 Å². The Morgan fingerprint density at radius 2 is 1.65 bits per heavy atom. The molecule has 0 radical (unpaired) electrons. The van der Waals surface area contributed by atoms with Gasteiger partial charge in [-0.15, -0.1) is 6.58 Å². The summed E-state index contributed by atoms with van der Waals surface area (Å²) in [5.41, 5.74) is 2.21. The molecule has 12 nitrogen and oxygen atoms in total. The number of nitrogens with zero attached hydrogens (tertiary/aromatic N) is 2. The Morgan fingerprint density at radius 3 is 2.32 bits per heavy atom. The van der Waals surface area contributed by atoms with Gasteiger partial charge >= 0.3 is 12.1 Å². The molecule has 4 aromatic rings. The van der Waals surface area contributed by atoms with Gasteiger partial charge in [0, 0.05) is 19.2 Å². The molecule has 2 fully saturated rings. The van der Waals surface area contributed by atoms with Gasteiger partial charge in [-0.1, -0.05) is 96.8 Å². The van der Waals surface area contributed by atoms with E-state index < -0.39 is 59.4 Å². The maximum atomic E-state index is 16.1. The Balaban J connectivity index is 1.44. The molecule has 2 saturated heterocycles. The number of esters is 1. The van der Waals surface area contributed by atoms with Gasteiger partial charge in [-0.2, -0.15) is 0 Å². The molecule has 0 saturated carbocycles. The van der Waals surface area contributed by atoms with Crippen molar-refractivity contribution in [3.05, 3.63) is 155 Å². The van der Waals surface area contributed by atoms with Crippen molar-refractivity contribution in [2.75, 3.05) is 45.0 Å². The van der Waals surface area contributed by atoms with Crippen molar-refractivity contribution in [3.63, 3.8) is 0 Å². The number of anilines is 1. The number of hydrogen-bond donors (Lipinski definition) is 2. The molecule has 2 N–H and O–H groups in total. The lowest BCUT2D eigenvalue weighted by Gasteiger charge is -2.46. The van der Waals surface area contributed by atoms with Crippen molar-refractivity contribution in [2.45, 2.75) is 55.3 Å². The Morgan fingerprint density at radius 1 is 0.903 bits per heavy atom. The summed E-state index contributed by atoms with van der Waals surface area (Å²) in [5.74, 6) is 3.58. The summed E-state index contributed by atoms with van der Waals surface area (Å²) in [6, 6.07) is 28.0. The summed E-state index contributed by atoms with van der Waals surface area (Å²) < 4.78 is 23.1. The number of methoxy groups -OCH3 is 1. The van der Waals surface area contributed by atoms with Crippen LogP contribution in [-0.2, 0) is 34.0 Å². The van der Waals surface area contributed by atoms with Crippen LogP contribution in [0.3, 0.4) is 0 Å². The Kier molecular flexibility index (Phi) is 12.7. The number of nitrogens with one attached hydrogen (secondary N) is 1. The van der Waals surface area contributed by atoms with E-state index in [1.807, 2.05) is 65.6 Å². The SMILES string of the molecule is C=CCNC(=O)[C@H]1[C@@H]2C(=O)O[C@@H](c3ccccc3)[C@@H](c3ccccc3)N2[C@@H](c2ccc(OCCO)cc2)[C@]12C(=O)N(C(=O)OCCOC)c1ccc(C#CC3=CCCCC3)cc12. The van der Waals surface area contributed by atoms with Crippen LogP contribution in [0.2, 0.25) is 0 Å². The minimum absolute atomic E-state index is 0.0357. The Labute approximate surface area is 361 Å². The maximum absolute atomic E-state index is 16.1. The predicted octanol–water partition coefficient (Wildman–Crippen LogP) is 6.66. The number of cyclic esters (lactones) is 1. The van der Waals surface area contributed by atoms with Gasteiger partial charge in [0.05, 0.1) is 36.9 Å². The third-order valence-electron chi connectivity index (χ3n) is 12.1. The van der Waals surface area contributed by atoms with Crippen LogP contribution < -0.4 is 15.0 Å². The van der Waals surface area contributed by atoms with E-state index >= 15 is 14.4 Å². The third-order valence-corrected chi connectivity index (χ3v) is 12.1. The topological polar surface area (TPSA) is 144 Å². The number of aliphatic hydroxyl groups excluding tert-OH is 1. The van der Waals surface area contributed by atoms with E-state index in [-0.39, 0.29) is 38.7 Å². The minimum atomic E-state index is -1.96. The summed E-state index contributed by atoms with van der Waals surface area (Å²) in [5, 5.41) is 12.4. The van der Waals surface area contributed by atoms with Crippen LogP contribution in [0.1, 0.15) is 71.7 Å². The number of carbonyl (C=O) groups is 4. The smallest absolute Gasteiger partial charge is 0.421 e. The largest absolute Gasteiger partial charge is 0.491 e. The highest BCUT2D eigenvalue weighted by molar-refractivity contribution is 6.23. The van der Waals surface area contributed by atoms with Gasteiger partial charge in [0.25, 0.3) is 0 Å². The molecular weight excluding hydrogens is 787 g/mol. The first-order chi connectivity index (χ1) is 30.3. The van der Waals surface area contributed by atoms with Crippen molar-refractivity contribution >= 4 is 29.6 Å². The van der Waals surface area contributed by atoms with E-state index in [1.165, 1.54) is 13.2 Å². The molecule has 318 valence electrons. The molecule has 62 heavy (non-hydrogen) atoms. The molecule has 4 aliphatic rings. The van der Waals surface area contributed by atoms with Crippen LogP contribution in [0.15, 0.2) is 127 Å². The fourth-order valence-electron chi connectivity index (χ4n) is 9.54. The highest BCUT2D eigenvalue weighted by Crippen LogP contribution is 2.66. The number of rotatable bonds is 12. The van der Waals surface area contributed by atoms with Crippen molar-refractivity contribution < 1.29 is 43.2 Å². The first-order valence-corrected chi connectivity index (χ1v) is 21.0. The lowest BCUT2D eigenvalue weighted by atomic mass is 9.65.